The molecule has 1 heterocycles. The quantitative estimate of drug-likeness (QED) is 0.248. The number of carboxylic acid groups (broad SMARTS) is 1. The second-order valence-corrected chi connectivity index (χ2v) is 10.6. The zero-order valence-electron chi connectivity index (χ0n) is 23.5. The van der Waals surface area contributed by atoms with E-state index < -0.39 is 12.3 Å². The van der Waals surface area contributed by atoms with Crippen LogP contribution in [0.5, 0.6) is 0 Å². The van der Waals surface area contributed by atoms with E-state index in [9.17, 15) is 14.7 Å². The van der Waals surface area contributed by atoms with Crippen molar-refractivity contribution in [2.75, 3.05) is 14.2 Å². The number of imidazole rings is 1. The first-order valence-electron chi connectivity index (χ1n) is 14.3. The van der Waals surface area contributed by atoms with Crippen LogP contribution in [0, 0.1) is 5.92 Å². The van der Waals surface area contributed by atoms with Gasteiger partial charge in [0.05, 0.1) is 17.8 Å². The molecule has 7 nitrogen and oxygen atoms in total. The van der Waals surface area contributed by atoms with Crippen molar-refractivity contribution in [2.45, 2.75) is 84.1 Å². The van der Waals surface area contributed by atoms with E-state index in [1.165, 1.54) is 32.1 Å². The molecule has 39 heavy (non-hydrogen) atoms. The van der Waals surface area contributed by atoms with Gasteiger partial charge >= 0.3 is 11.7 Å². The lowest BCUT2D eigenvalue weighted by Crippen LogP contribution is -2.27. The Kier molecular flexibility index (Phi) is 10.2. The molecule has 0 unspecified atom stereocenters. The first-order valence-corrected chi connectivity index (χ1v) is 14.3. The molecule has 0 amide bonds. The van der Waals surface area contributed by atoms with Gasteiger partial charge in [-0.25, -0.2) is 9.59 Å². The fourth-order valence-corrected chi connectivity index (χ4v) is 5.91. The van der Waals surface area contributed by atoms with Gasteiger partial charge in [0.25, 0.3) is 0 Å². The number of aromatic carboxylic acids is 1. The summed E-state index contributed by atoms with van der Waals surface area (Å²) < 4.78 is 15.2. The molecule has 0 radical (unpaired) electrons. The number of hydrogen-bond donors (Lipinski definition) is 1. The Morgan fingerprint density at radius 2 is 1.69 bits per heavy atom. The van der Waals surface area contributed by atoms with Gasteiger partial charge in [-0.3, -0.25) is 9.13 Å². The van der Waals surface area contributed by atoms with Gasteiger partial charge < -0.3 is 14.6 Å². The summed E-state index contributed by atoms with van der Waals surface area (Å²) in [6, 6.07) is 14.8. The number of unbranched alkanes of at least 4 members (excludes halogenated alkanes) is 1. The number of ether oxygens (including phenoxy) is 2. The van der Waals surface area contributed by atoms with Crippen molar-refractivity contribution < 1.29 is 19.4 Å². The third-order valence-electron chi connectivity index (χ3n) is 8.04. The molecule has 1 aliphatic rings. The fourth-order valence-electron chi connectivity index (χ4n) is 5.91. The second kappa shape index (κ2) is 13.8. The van der Waals surface area contributed by atoms with Gasteiger partial charge in [-0.15, -0.1) is 0 Å². The molecule has 0 atom stereocenters. The summed E-state index contributed by atoms with van der Waals surface area (Å²) in [5, 5.41) is 9.59. The highest BCUT2D eigenvalue weighted by atomic mass is 16.7. The minimum atomic E-state index is -0.949. The molecular weight excluding hydrogens is 492 g/mol. The monoisotopic (exact) mass is 534 g/mol. The average Bonchev–Trinajstić information content (AvgIpc) is 3.22. The summed E-state index contributed by atoms with van der Waals surface area (Å²) in [6.07, 6.45) is 9.48. The van der Waals surface area contributed by atoms with Crippen molar-refractivity contribution in [1.29, 1.82) is 0 Å². The Balaban J connectivity index is 1.69. The van der Waals surface area contributed by atoms with E-state index in [1.807, 2.05) is 45.5 Å². The maximum atomic E-state index is 13.9. The van der Waals surface area contributed by atoms with Crippen LogP contribution in [0.1, 0.15) is 91.9 Å². The lowest BCUT2D eigenvalue weighted by atomic mass is 9.87. The molecule has 1 N–H and O–H groups in total. The summed E-state index contributed by atoms with van der Waals surface area (Å²) >= 11 is 0. The van der Waals surface area contributed by atoms with Crippen LogP contribution in [0.25, 0.3) is 11.1 Å². The zero-order chi connectivity index (χ0) is 27.8. The number of carbonyl (C=O) groups is 1. The summed E-state index contributed by atoms with van der Waals surface area (Å²) in [7, 11) is 3.25. The maximum Gasteiger partial charge on any atom is 0.336 e. The van der Waals surface area contributed by atoms with Gasteiger partial charge in [0.15, 0.2) is 6.29 Å². The molecule has 210 valence electrons. The molecule has 4 rings (SSSR count). The highest BCUT2D eigenvalue weighted by Gasteiger charge is 2.27. The van der Waals surface area contributed by atoms with Gasteiger partial charge in [0, 0.05) is 26.5 Å². The number of rotatable bonds is 13. The number of aromatic nitrogens is 2. The minimum absolute atomic E-state index is 0.0219. The molecule has 1 aromatic heterocycles. The van der Waals surface area contributed by atoms with E-state index in [-0.39, 0.29) is 11.3 Å². The largest absolute Gasteiger partial charge is 0.478 e. The minimum Gasteiger partial charge on any atom is -0.478 e. The second-order valence-electron chi connectivity index (χ2n) is 10.6. The molecule has 0 saturated heterocycles. The van der Waals surface area contributed by atoms with Crippen LogP contribution in [0.3, 0.4) is 0 Å². The van der Waals surface area contributed by atoms with Crippen molar-refractivity contribution in [3.63, 3.8) is 0 Å². The number of hydrogen-bond acceptors (Lipinski definition) is 4. The first kappa shape index (κ1) is 28.8. The van der Waals surface area contributed by atoms with E-state index in [1.54, 1.807) is 26.4 Å². The summed E-state index contributed by atoms with van der Waals surface area (Å²) in [6.45, 7) is 3.25. The normalized spacial score (nSPS) is 14.3. The molecule has 0 bridgehead atoms. The first-order chi connectivity index (χ1) is 19.0. The Hall–Kier alpha value is -3.16. The summed E-state index contributed by atoms with van der Waals surface area (Å²) in [5.41, 5.74) is 4.55. The predicted octanol–water partition coefficient (Wildman–Crippen LogP) is 6.67. The molecule has 1 aliphatic carbocycles. The standard InChI is InChI=1S/C32H42N2O5/c1-4-5-15-28-29(31(38-2)39-3)33(21-20-23-11-7-6-8-12-23)32(37)34(28)22-24-16-18-25(19-17-24)26-13-9-10-14-27(26)30(35)36/h9-10,13-14,16-19,23,31H,4-8,11-12,15,20-22H2,1-3H3,(H,35,36). The Morgan fingerprint density at radius 1 is 1.00 bits per heavy atom. The molecule has 1 saturated carbocycles. The third kappa shape index (κ3) is 6.71. The molecule has 2 aromatic carbocycles. The van der Waals surface area contributed by atoms with Crippen LogP contribution in [0.15, 0.2) is 53.3 Å². The van der Waals surface area contributed by atoms with Gasteiger partial charge in [0.2, 0.25) is 0 Å². The fraction of sp³-hybridized carbons (Fsp3) is 0.500. The van der Waals surface area contributed by atoms with Gasteiger partial charge in [0.1, 0.15) is 0 Å². The van der Waals surface area contributed by atoms with Crippen molar-refractivity contribution in [1.82, 2.24) is 9.13 Å². The zero-order valence-corrected chi connectivity index (χ0v) is 23.5. The maximum absolute atomic E-state index is 13.9. The number of carboxylic acids is 1. The van der Waals surface area contributed by atoms with Crippen molar-refractivity contribution in [2.24, 2.45) is 5.92 Å². The lowest BCUT2D eigenvalue weighted by molar-refractivity contribution is -0.111. The van der Waals surface area contributed by atoms with Crippen LogP contribution < -0.4 is 5.69 Å². The molecule has 0 spiro atoms. The van der Waals surface area contributed by atoms with Crippen LogP contribution in [0.2, 0.25) is 0 Å². The van der Waals surface area contributed by atoms with Gasteiger partial charge in [-0.1, -0.05) is 87.9 Å². The number of benzene rings is 2. The van der Waals surface area contributed by atoms with E-state index in [4.69, 9.17) is 9.47 Å². The Bertz CT molecular complexity index is 1280. The van der Waals surface area contributed by atoms with E-state index in [0.29, 0.717) is 24.6 Å². The van der Waals surface area contributed by atoms with E-state index in [0.717, 1.165) is 48.2 Å². The molecule has 0 aliphatic heterocycles. The number of methoxy groups -OCH3 is 2. The van der Waals surface area contributed by atoms with Crippen LogP contribution >= 0.6 is 0 Å². The highest BCUT2D eigenvalue weighted by molar-refractivity contribution is 5.95. The third-order valence-corrected chi connectivity index (χ3v) is 8.04. The topological polar surface area (TPSA) is 82.7 Å². The smallest absolute Gasteiger partial charge is 0.336 e. The molecule has 1 fully saturated rings. The van der Waals surface area contributed by atoms with E-state index >= 15 is 0 Å². The van der Waals surface area contributed by atoms with Crippen LogP contribution in [-0.4, -0.2) is 34.4 Å². The molecule has 7 heteroatoms. The summed E-state index contributed by atoms with van der Waals surface area (Å²) in [5.74, 6) is -0.291. The average molecular weight is 535 g/mol. The number of nitrogens with zero attached hydrogens (tertiary/aromatic N) is 2. The predicted molar refractivity (Wildman–Crippen MR) is 153 cm³/mol. The van der Waals surface area contributed by atoms with Crippen molar-refractivity contribution in [3.05, 3.63) is 81.5 Å². The van der Waals surface area contributed by atoms with Crippen LogP contribution in [0.4, 0.5) is 0 Å². The Labute approximate surface area is 231 Å². The lowest BCUT2D eigenvalue weighted by Gasteiger charge is -2.23. The highest BCUT2D eigenvalue weighted by Crippen LogP contribution is 2.29. The van der Waals surface area contributed by atoms with Crippen molar-refractivity contribution >= 4 is 5.97 Å². The van der Waals surface area contributed by atoms with Crippen molar-refractivity contribution in [3.8, 4) is 11.1 Å². The Morgan fingerprint density at radius 3 is 2.33 bits per heavy atom. The SMILES string of the molecule is CCCCc1c(C(OC)OC)n(CCC2CCCCC2)c(=O)n1Cc1ccc(-c2ccccc2C(=O)O)cc1. The van der Waals surface area contributed by atoms with Crippen LogP contribution in [-0.2, 0) is 29.0 Å². The van der Waals surface area contributed by atoms with E-state index in [2.05, 4.69) is 6.92 Å². The molecular formula is C32H42N2O5. The summed E-state index contributed by atoms with van der Waals surface area (Å²) in [4.78, 5) is 25.6. The van der Waals surface area contributed by atoms with Gasteiger partial charge in [-0.2, -0.15) is 0 Å². The molecule has 3 aromatic rings. The van der Waals surface area contributed by atoms with Gasteiger partial charge in [-0.05, 0) is 47.9 Å².